The average Bonchev–Trinajstić information content (AvgIpc) is 2.34. The van der Waals surface area contributed by atoms with Gasteiger partial charge < -0.3 is 10.2 Å². The molecular formula is C13H18F3N3O2. The Morgan fingerprint density at radius 2 is 1.95 bits per heavy atom. The Morgan fingerprint density at radius 1 is 1.33 bits per heavy atom. The standard InChI is InChI=1S/C13H18F3N3O2/c1-4-17-10-5-11(7-12(6-10)19(20)21)18(9(2)3)8-13(14,15)16/h5-7,9,17H,4,8H2,1-3H3. The van der Waals surface area contributed by atoms with Gasteiger partial charge in [-0.25, -0.2) is 0 Å². The lowest BCUT2D eigenvalue weighted by molar-refractivity contribution is -0.384. The molecule has 0 saturated heterocycles. The number of anilines is 2. The molecule has 0 unspecified atom stereocenters. The predicted molar refractivity (Wildman–Crippen MR) is 75.8 cm³/mol. The summed E-state index contributed by atoms with van der Waals surface area (Å²) in [6, 6.07) is 3.51. The number of alkyl halides is 3. The number of benzene rings is 1. The monoisotopic (exact) mass is 305 g/mol. The fourth-order valence-corrected chi connectivity index (χ4v) is 1.94. The summed E-state index contributed by atoms with van der Waals surface area (Å²) in [4.78, 5) is 11.4. The van der Waals surface area contributed by atoms with Gasteiger partial charge in [-0.15, -0.1) is 0 Å². The van der Waals surface area contributed by atoms with Gasteiger partial charge in [0.25, 0.3) is 5.69 Å². The summed E-state index contributed by atoms with van der Waals surface area (Å²) in [5.41, 5.74) is 0.360. The second kappa shape index (κ2) is 6.64. The van der Waals surface area contributed by atoms with Crippen LogP contribution in [0.2, 0.25) is 0 Å². The Hall–Kier alpha value is -1.99. The molecule has 0 aromatic heterocycles. The van der Waals surface area contributed by atoms with Crippen molar-refractivity contribution in [3.05, 3.63) is 28.3 Å². The smallest absolute Gasteiger partial charge is 0.385 e. The van der Waals surface area contributed by atoms with Gasteiger partial charge in [0.1, 0.15) is 6.54 Å². The molecular weight excluding hydrogens is 287 g/mol. The molecule has 1 N–H and O–H groups in total. The third-order valence-electron chi connectivity index (χ3n) is 2.80. The van der Waals surface area contributed by atoms with Gasteiger partial charge >= 0.3 is 6.18 Å². The topological polar surface area (TPSA) is 58.4 Å². The van der Waals surface area contributed by atoms with E-state index in [1.54, 1.807) is 20.8 Å². The zero-order chi connectivity index (χ0) is 16.2. The fraction of sp³-hybridized carbons (Fsp3) is 0.538. The first-order chi connectivity index (χ1) is 9.64. The third kappa shape index (κ3) is 5.13. The molecule has 0 aliphatic rings. The van der Waals surface area contributed by atoms with E-state index in [1.165, 1.54) is 12.1 Å². The van der Waals surface area contributed by atoms with Gasteiger partial charge in [-0.1, -0.05) is 0 Å². The number of nitrogens with zero attached hydrogens (tertiary/aromatic N) is 2. The molecule has 1 aromatic carbocycles. The molecule has 118 valence electrons. The van der Waals surface area contributed by atoms with Crippen molar-refractivity contribution in [1.82, 2.24) is 0 Å². The van der Waals surface area contributed by atoms with Crippen LogP contribution in [0.15, 0.2) is 18.2 Å². The summed E-state index contributed by atoms with van der Waals surface area (Å²) in [6.07, 6.45) is -4.38. The average molecular weight is 305 g/mol. The van der Waals surface area contributed by atoms with Crippen LogP contribution in [0.3, 0.4) is 0 Å². The number of nitro groups is 1. The molecule has 1 aromatic rings. The van der Waals surface area contributed by atoms with Crippen LogP contribution < -0.4 is 10.2 Å². The molecule has 1 rings (SSSR count). The summed E-state index contributed by atoms with van der Waals surface area (Å²) in [6.45, 7) is 4.38. The van der Waals surface area contributed by atoms with E-state index in [0.29, 0.717) is 12.2 Å². The fourth-order valence-electron chi connectivity index (χ4n) is 1.94. The number of hydrogen-bond acceptors (Lipinski definition) is 4. The number of halogens is 3. The number of rotatable bonds is 6. The van der Waals surface area contributed by atoms with Crippen LogP contribution in [-0.2, 0) is 0 Å². The van der Waals surface area contributed by atoms with E-state index in [1.807, 2.05) is 0 Å². The third-order valence-corrected chi connectivity index (χ3v) is 2.80. The van der Waals surface area contributed by atoms with Crippen molar-refractivity contribution in [2.24, 2.45) is 0 Å². The van der Waals surface area contributed by atoms with Crippen molar-refractivity contribution in [2.75, 3.05) is 23.3 Å². The first-order valence-electron chi connectivity index (χ1n) is 6.50. The molecule has 0 saturated carbocycles. The highest BCUT2D eigenvalue weighted by Crippen LogP contribution is 2.30. The highest BCUT2D eigenvalue weighted by atomic mass is 19.4. The lowest BCUT2D eigenvalue weighted by Crippen LogP contribution is -2.39. The molecule has 5 nitrogen and oxygen atoms in total. The van der Waals surface area contributed by atoms with Gasteiger partial charge in [0.2, 0.25) is 0 Å². The van der Waals surface area contributed by atoms with Gasteiger partial charge in [-0.05, 0) is 26.8 Å². The van der Waals surface area contributed by atoms with Crippen LogP contribution in [0, 0.1) is 10.1 Å². The van der Waals surface area contributed by atoms with Crippen molar-refractivity contribution in [2.45, 2.75) is 33.0 Å². The van der Waals surface area contributed by atoms with E-state index < -0.39 is 23.7 Å². The summed E-state index contributed by atoms with van der Waals surface area (Å²) in [5, 5.41) is 13.8. The Bertz CT molecular complexity index is 504. The first-order valence-corrected chi connectivity index (χ1v) is 6.50. The minimum Gasteiger partial charge on any atom is -0.385 e. The van der Waals surface area contributed by atoms with Crippen LogP contribution in [-0.4, -0.2) is 30.2 Å². The summed E-state index contributed by atoms with van der Waals surface area (Å²) in [7, 11) is 0. The normalized spacial score (nSPS) is 11.6. The molecule has 0 atom stereocenters. The Kier molecular flexibility index (Phi) is 5.40. The summed E-state index contributed by atoms with van der Waals surface area (Å²) >= 11 is 0. The number of hydrogen-bond donors (Lipinski definition) is 1. The quantitative estimate of drug-likeness (QED) is 0.641. The molecule has 0 spiro atoms. The maximum absolute atomic E-state index is 12.7. The number of nitrogens with one attached hydrogen (secondary N) is 1. The maximum atomic E-state index is 12.7. The van der Waals surface area contributed by atoms with E-state index >= 15 is 0 Å². The van der Waals surface area contributed by atoms with Crippen LogP contribution in [0.1, 0.15) is 20.8 Å². The minimum atomic E-state index is -4.38. The van der Waals surface area contributed by atoms with E-state index in [9.17, 15) is 23.3 Å². The van der Waals surface area contributed by atoms with E-state index in [2.05, 4.69) is 5.32 Å². The Balaban J connectivity index is 3.25. The molecule has 0 heterocycles. The van der Waals surface area contributed by atoms with Crippen LogP contribution in [0.4, 0.5) is 30.2 Å². The lowest BCUT2D eigenvalue weighted by atomic mass is 10.2. The molecule has 0 aliphatic carbocycles. The molecule has 0 amide bonds. The van der Waals surface area contributed by atoms with E-state index in [-0.39, 0.29) is 11.4 Å². The van der Waals surface area contributed by atoms with Gasteiger partial charge in [0, 0.05) is 36.1 Å². The van der Waals surface area contributed by atoms with Crippen molar-refractivity contribution >= 4 is 17.1 Å². The van der Waals surface area contributed by atoms with Gasteiger partial charge in [-0.2, -0.15) is 13.2 Å². The van der Waals surface area contributed by atoms with Crippen LogP contribution >= 0.6 is 0 Å². The second-order valence-electron chi connectivity index (χ2n) is 4.86. The van der Waals surface area contributed by atoms with Crippen molar-refractivity contribution < 1.29 is 18.1 Å². The second-order valence-corrected chi connectivity index (χ2v) is 4.86. The number of non-ortho nitro benzene ring substituents is 1. The Labute approximate surface area is 120 Å². The zero-order valence-corrected chi connectivity index (χ0v) is 12.1. The zero-order valence-electron chi connectivity index (χ0n) is 12.1. The Morgan fingerprint density at radius 3 is 2.38 bits per heavy atom. The van der Waals surface area contributed by atoms with Crippen LogP contribution in [0.5, 0.6) is 0 Å². The van der Waals surface area contributed by atoms with Gasteiger partial charge in [0.15, 0.2) is 0 Å². The molecule has 0 aliphatic heterocycles. The van der Waals surface area contributed by atoms with E-state index in [0.717, 1.165) is 11.0 Å². The summed E-state index contributed by atoms with van der Waals surface area (Å²) < 4.78 is 38.0. The summed E-state index contributed by atoms with van der Waals surface area (Å²) in [5.74, 6) is 0. The minimum absolute atomic E-state index is 0.174. The SMILES string of the molecule is CCNc1cc(N(CC(F)(F)F)C(C)C)cc([N+](=O)[O-])c1. The highest BCUT2D eigenvalue weighted by molar-refractivity contribution is 5.65. The van der Waals surface area contributed by atoms with Crippen molar-refractivity contribution in [1.29, 1.82) is 0 Å². The van der Waals surface area contributed by atoms with Gasteiger partial charge in [0.05, 0.1) is 4.92 Å². The molecule has 8 heteroatoms. The van der Waals surface area contributed by atoms with Crippen LogP contribution in [0.25, 0.3) is 0 Å². The molecule has 21 heavy (non-hydrogen) atoms. The number of nitro benzene ring substituents is 1. The van der Waals surface area contributed by atoms with Crippen molar-refractivity contribution in [3.63, 3.8) is 0 Å². The molecule has 0 fully saturated rings. The van der Waals surface area contributed by atoms with E-state index in [4.69, 9.17) is 0 Å². The maximum Gasteiger partial charge on any atom is 0.405 e. The van der Waals surface area contributed by atoms with Crippen molar-refractivity contribution in [3.8, 4) is 0 Å². The highest BCUT2D eigenvalue weighted by Gasteiger charge is 2.32. The molecule has 0 bridgehead atoms. The molecule has 0 radical (unpaired) electrons. The first kappa shape index (κ1) is 17.1. The predicted octanol–water partition coefficient (Wildman–Crippen LogP) is 3.80. The van der Waals surface area contributed by atoms with Gasteiger partial charge in [-0.3, -0.25) is 10.1 Å². The lowest BCUT2D eigenvalue weighted by Gasteiger charge is -2.30. The largest absolute Gasteiger partial charge is 0.405 e.